The van der Waals surface area contributed by atoms with Gasteiger partial charge in [0, 0.05) is 35.7 Å². The summed E-state index contributed by atoms with van der Waals surface area (Å²) in [5.74, 6) is -0.260. The molecule has 2 aromatic rings. The molecule has 0 aliphatic carbocycles. The summed E-state index contributed by atoms with van der Waals surface area (Å²) < 4.78 is 1.67. The number of amides is 1. The fourth-order valence-electron chi connectivity index (χ4n) is 3.18. The van der Waals surface area contributed by atoms with Crippen molar-refractivity contribution in [2.75, 3.05) is 13.1 Å². The van der Waals surface area contributed by atoms with Gasteiger partial charge in [0.15, 0.2) is 0 Å². The van der Waals surface area contributed by atoms with E-state index in [4.69, 9.17) is 5.11 Å². The second kappa shape index (κ2) is 8.95. The molecule has 0 spiro atoms. The third-order valence-electron chi connectivity index (χ3n) is 4.46. The van der Waals surface area contributed by atoms with Gasteiger partial charge in [-0.3, -0.25) is 9.59 Å². The molecule has 0 radical (unpaired) electrons. The molecule has 0 atom stereocenters. The molecular weight excluding hydrogens is 358 g/mol. The number of hydrogen-bond donors (Lipinski definition) is 1. The highest BCUT2D eigenvalue weighted by atomic mass is 16.4. The fourth-order valence-corrected chi connectivity index (χ4v) is 3.18. The number of nitrogens with zero attached hydrogens (tertiary/aromatic N) is 5. The van der Waals surface area contributed by atoms with Crippen molar-refractivity contribution in [3.63, 3.8) is 0 Å². The Bertz CT molecular complexity index is 853. The van der Waals surface area contributed by atoms with Crippen LogP contribution >= 0.6 is 0 Å². The van der Waals surface area contributed by atoms with Crippen molar-refractivity contribution < 1.29 is 14.7 Å². The minimum atomic E-state index is -0.909. The van der Waals surface area contributed by atoms with Crippen LogP contribution in [0.4, 0.5) is 0 Å². The average Bonchev–Trinajstić information content (AvgIpc) is 2.85. The molecule has 0 aliphatic rings. The lowest BCUT2D eigenvalue weighted by Crippen LogP contribution is -2.37. The Morgan fingerprint density at radius 1 is 1.14 bits per heavy atom. The maximum absolute atomic E-state index is 12.9. The summed E-state index contributed by atoms with van der Waals surface area (Å²) >= 11 is 0. The Hall–Kier alpha value is -2.77. The van der Waals surface area contributed by atoms with Crippen LogP contribution in [0.2, 0.25) is 0 Å². The number of rotatable bonds is 8. The highest BCUT2D eigenvalue weighted by Crippen LogP contribution is 2.18. The predicted octanol–water partition coefficient (Wildman–Crippen LogP) is 2.40. The van der Waals surface area contributed by atoms with Crippen molar-refractivity contribution >= 4 is 11.9 Å². The normalized spacial score (nSPS) is 11.1. The van der Waals surface area contributed by atoms with E-state index in [-0.39, 0.29) is 31.2 Å². The molecule has 0 aromatic carbocycles. The van der Waals surface area contributed by atoms with E-state index in [1.807, 2.05) is 47.6 Å². The smallest absolute Gasteiger partial charge is 0.305 e. The molecule has 8 nitrogen and oxygen atoms in total. The van der Waals surface area contributed by atoms with Crippen LogP contribution in [0.5, 0.6) is 0 Å². The lowest BCUT2D eigenvalue weighted by Gasteiger charge is -2.24. The molecule has 1 amide bonds. The van der Waals surface area contributed by atoms with E-state index in [1.165, 1.54) is 0 Å². The van der Waals surface area contributed by atoms with Crippen LogP contribution < -0.4 is 0 Å². The van der Waals surface area contributed by atoms with Gasteiger partial charge in [-0.15, -0.1) is 0 Å². The zero-order valence-electron chi connectivity index (χ0n) is 17.5. The summed E-state index contributed by atoms with van der Waals surface area (Å²) in [6, 6.07) is 1.89. The molecule has 0 bridgehead atoms. The van der Waals surface area contributed by atoms with Crippen LogP contribution in [0.15, 0.2) is 6.07 Å². The first kappa shape index (κ1) is 21.5. The minimum absolute atomic E-state index is 0.0634. The van der Waals surface area contributed by atoms with Crippen molar-refractivity contribution in [1.29, 1.82) is 0 Å². The Kier molecular flexibility index (Phi) is 6.88. The van der Waals surface area contributed by atoms with E-state index in [1.54, 1.807) is 9.58 Å². The standard InChI is InChI=1S/C20H29N5O3/c1-12(2)11-24(8-7-19(27)28)18(26)10-17-15(5)23-25(16(17)6)20-21-13(3)9-14(4)22-20/h9,12H,7-8,10-11H2,1-6H3,(H,27,28). The van der Waals surface area contributed by atoms with E-state index in [0.29, 0.717) is 12.5 Å². The first-order valence-corrected chi connectivity index (χ1v) is 9.45. The Balaban J connectivity index is 2.28. The quantitative estimate of drug-likeness (QED) is 0.746. The number of carbonyl (C=O) groups is 2. The van der Waals surface area contributed by atoms with Crippen LogP contribution in [-0.4, -0.2) is 54.7 Å². The molecule has 1 N–H and O–H groups in total. The van der Waals surface area contributed by atoms with E-state index in [0.717, 1.165) is 28.3 Å². The zero-order chi connectivity index (χ0) is 21.0. The topological polar surface area (TPSA) is 101 Å². The van der Waals surface area contributed by atoms with Crippen LogP contribution in [0.3, 0.4) is 0 Å². The number of aliphatic carboxylic acids is 1. The summed E-state index contributed by atoms with van der Waals surface area (Å²) in [7, 11) is 0. The van der Waals surface area contributed by atoms with E-state index in [2.05, 4.69) is 15.1 Å². The molecule has 0 unspecified atom stereocenters. The zero-order valence-corrected chi connectivity index (χ0v) is 17.5. The van der Waals surface area contributed by atoms with Crippen LogP contribution in [0.25, 0.3) is 5.95 Å². The molecule has 2 aromatic heterocycles. The van der Waals surface area contributed by atoms with Gasteiger partial charge in [-0.05, 0) is 39.7 Å². The molecule has 0 saturated heterocycles. The first-order chi connectivity index (χ1) is 13.1. The Labute approximate surface area is 165 Å². The van der Waals surface area contributed by atoms with E-state index < -0.39 is 5.97 Å². The number of hydrogen-bond acceptors (Lipinski definition) is 5. The second-order valence-corrected chi connectivity index (χ2v) is 7.57. The van der Waals surface area contributed by atoms with Gasteiger partial charge in [0.2, 0.25) is 5.91 Å². The summed E-state index contributed by atoms with van der Waals surface area (Å²) in [6.07, 6.45) is 0.112. The van der Waals surface area contributed by atoms with Crippen LogP contribution in [0, 0.1) is 33.6 Å². The van der Waals surface area contributed by atoms with Crippen molar-refractivity contribution in [3.8, 4) is 5.95 Å². The van der Waals surface area contributed by atoms with Crippen molar-refractivity contribution in [2.45, 2.75) is 54.4 Å². The van der Waals surface area contributed by atoms with E-state index >= 15 is 0 Å². The lowest BCUT2D eigenvalue weighted by atomic mass is 10.1. The predicted molar refractivity (Wildman–Crippen MR) is 105 cm³/mol. The molecule has 2 rings (SSSR count). The van der Waals surface area contributed by atoms with Crippen molar-refractivity contribution in [3.05, 3.63) is 34.4 Å². The highest BCUT2D eigenvalue weighted by molar-refractivity contribution is 5.80. The van der Waals surface area contributed by atoms with Gasteiger partial charge >= 0.3 is 5.97 Å². The first-order valence-electron chi connectivity index (χ1n) is 9.45. The number of carbonyl (C=O) groups excluding carboxylic acids is 1. The molecule has 2 heterocycles. The monoisotopic (exact) mass is 387 g/mol. The second-order valence-electron chi connectivity index (χ2n) is 7.57. The number of aryl methyl sites for hydroxylation is 3. The molecular formula is C20H29N5O3. The fraction of sp³-hybridized carbons (Fsp3) is 0.550. The van der Waals surface area contributed by atoms with Gasteiger partial charge in [0.1, 0.15) is 0 Å². The minimum Gasteiger partial charge on any atom is -0.481 e. The van der Waals surface area contributed by atoms with Crippen molar-refractivity contribution in [2.24, 2.45) is 5.92 Å². The summed E-state index contributed by atoms with van der Waals surface area (Å²) in [5, 5.41) is 13.5. The Morgan fingerprint density at radius 3 is 2.29 bits per heavy atom. The van der Waals surface area contributed by atoms with Gasteiger partial charge in [-0.2, -0.15) is 5.10 Å². The third-order valence-corrected chi connectivity index (χ3v) is 4.46. The third kappa shape index (κ3) is 5.37. The van der Waals surface area contributed by atoms with Gasteiger partial charge in [-0.25, -0.2) is 14.6 Å². The largest absolute Gasteiger partial charge is 0.481 e. The van der Waals surface area contributed by atoms with Gasteiger partial charge in [0.25, 0.3) is 5.95 Å². The highest BCUT2D eigenvalue weighted by Gasteiger charge is 2.22. The Morgan fingerprint density at radius 2 is 1.75 bits per heavy atom. The van der Waals surface area contributed by atoms with E-state index in [9.17, 15) is 9.59 Å². The van der Waals surface area contributed by atoms with Crippen molar-refractivity contribution in [1.82, 2.24) is 24.6 Å². The molecule has 0 fully saturated rings. The number of aromatic nitrogens is 4. The maximum Gasteiger partial charge on any atom is 0.305 e. The summed E-state index contributed by atoms with van der Waals surface area (Å²) in [4.78, 5) is 34.3. The molecule has 0 aliphatic heterocycles. The summed E-state index contributed by atoms with van der Waals surface area (Å²) in [6.45, 7) is 12.3. The maximum atomic E-state index is 12.9. The summed E-state index contributed by atoms with van der Waals surface area (Å²) in [5.41, 5.74) is 4.10. The molecule has 8 heteroatoms. The van der Waals surface area contributed by atoms with Gasteiger partial charge in [-0.1, -0.05) is 13.8 Å². The van der Waals surface area contributed by atoms with Gasteiger partial charge in [0.05, 0.1) is 18.5 Å². The lowest BCUT2D eigenvalue weighted by molar-refractivity contribution is -0.138. The molecule has 0 saturated carbocycles. The molecule has 152 valence electrons. The van der Waals surface area contributed by atoms with Gasteiger partial charge < -0.3 is 10.0 Å². The SMILES string of the molecule is Cc1cc(C)nc(-n2nc(C)c(CC(=O)N(CCC(=O)O)CC(C)C)c2C)n1. The van der Waals surface area contributed by atoms with Crippen LogP contribution in [-0.2, 0) is 16.0 Å². The van der Waals surface area contributed by atoms with Crippen LogP contribution in [0.1, 0.15) is 48.6 Å². The number of carboxylic acid groups (broad SMARTS) is 1. The average molecular weight is 387 g/mol. The molecule has 28 heavy (non-hydrogen) atoms. The number of carboxylic acids is 1.